The maximum absolute atomic E-state index is 6.03. The zero-order valence-corrected chi connectivity index (χ0v) is 16.2. The van der Waals surface area contributed by atoms with Crippen LogP contribution >= 0.6 is 11.6 Å². The summed E-state index contributed by atoms with van der Waals surface area (Å²) in [4.78, 5) is 12.8. The molecule has 0 fully saturated rings. The van der Waals surface area contributed by atoms with Gasteiger partial charge < -0.3 is 0 Å². The van der Waals surface area contributed by atoms with Crippen molar-refractivity contribution >= 4 is 34.4 Å². The lowest BCUT2D eigenvalue weighted by Crippen LogP contribution is -1.95. The summed E-state index contributed by atoms with van der Waals surface area (Å²) in [5.74, 6) is 0. The Bertz CT molecular complexity index is 1140. The zero-order chi connectivity index (χ0) is 19.3. The van der Waals surface area contributed by atoms with Crippen LogP contribution in [-0.2, 0) is 6.42 Å². The average molecular weight is 387 g/mol. The minimum atomic E-state index is 0.743. The summed E-state index contributed by atoms with van der Waals surface area (Å²) in [6.45, 7) is 0. The number of halogens is 1. The first-order chi connectivity index (χ1) is 13.7. The van der Waals surface area contributed by atoms with E-state index in [1.54, 1.807) is 19.4 Å². The highest BCUT2D eigenvalue weighted by molar-refractivity contribution is 6.30. The van der Waals surface area contributed by atoms with Crippen molar-refractivity contribution in [2.75, 3.05) is 7.05 Å². The molecule has 2 aromatic heterocycles. The van der Waals surface area contributed by atoms with E-state index in [1.165, 1.54) is 11.1 Å². The number of benzene rings is 2. The highest BCUT2D eigenvalue weighted by Gasteiger charge is 2.09. The minimum absolute atomic E-state index is 0.743. The highest BCUT2D eigenvalue weighted by atomic mass is 35.5. The predicted octanol–water partition coefficient (Wildman–Crippen LogP) is 5.40. The standard InChI is InChI=1S/C23H19ClN4/c1-25-11-8-19(14-17-2-5-20(24)6-3-17)18-4-7-22-23(15-18)28(16-27-22)21-9-12-26-13-10-21/h2-13,15-16H,14H2,1H3/b19-8+,25-11-. The van der Waals surface area contributed by atoms with Gasteiger partial charge in [0.1, 0.15) is 6.33 Å². The van der Waals surface area contributed by atoms with Gasteiger partial charge in [-0.15, -0.1) is 0 Å². The molecule has 28 heavy (non-hydrogen) atoms. The van der Waals surface area contributed by atoms with Crippen LogP contribution in [0.4, 0.5) is 0 Å². The van der Waals surface area contributed by atoms with E-state index in [0.717, 1.165) is 33.7 Å². The maximum atomic E-state index is 6.03. The summed E-state index contributed by atoms with van der Waals surface area (Å²) in [5, 5.41) is 0.743. The normalized spacial score (nSPS) is 12.1. The predicted molar refractivity (Wildman–Crippen MR) is 116 cm³/mol. The second kappa shape index (κ2) is 8.19. The largest absolute Gasteiger partial charge is 0.299 e. The molecule has 138 valence electrons. The second-order valence-electron chi connectivity index (χ2n) is 6.43. The lowest BCUT2D eigenvalue weighted by atomic mass is 9.97. The van der Waals surface area contributed by atoms with Crippen LogP contribution in [-0.4, -0.2) is 27.8 Å². The number of nitrogens with zero attached hydrogens (tertiary/aromatic N) is 4. The van der Waals surface area contributed by atoms with E-state index >= 15 is 0 Å². The van der Waals surface area contributed by atoms with Gasteiger partial charge in [0.05, 0.1) is 16.7 Å². The molecule has 5 heteroatoms. The maximum Gasteiger partial charge on any atom is 0.100 e. The number of imidazole rings is 1. The topological polar surface area (TPSA) is 43.1 Å². The van der Waals surface area contributed by atoms with Gasteiger partial charge in [0, 0.05) is 30.7 Å². The summed E-state index contributed by atoms with van der Waals surface area (Å²) in [7, 11) is 1.78. The first kappa shape index (κ1) is 18.1. The third kappa shape index (κ3) is 3.87. The first-order valence-electron chi connectivity index (χ1n) is 8.98. The summed E-state index contributed by atoms with van der Waals surface area (Å²) >= 11 is 6.03. The molecule has 0 unspecified atom stereocenters. The van der Waals surface area contributed by atoms with Crippen molar-refractivity contribution in [3.8, 4) is 5.69 Å². The fourth-order valence-electron chi connectivity index (χ4n) is 3.16. The Morgan fingerprint density at radius 1 is 1.07 bits per heavy atom. The quantitative estimate of drug-likeness (QED) is 0.431. The molecule has 2 heterocycles. The molecule has 0 bridgehead atoms. The van der Waals surface area contributed by atoms with Gasteiger partial charge in [-0.25, -0.2) is 4.98 Å². The van der Waals surface area contributed by atoms with Gasteiger partial charge in [-0.05, 0) is 65.6 Å². The van der Waals surface area contributed by atoms with Crippen molar-refractivity contribution in [3.63, 3.8) is 0 Å². The number of hydrogen-bond acceptors (Lipinski definition) is 3. The van der Waals surface area contributed by atoms with E-state index in [-0.39, 0.29) is 0 Å². The van der Waals surface area contributed by atoms with E-state index in [9.17, 15) is 0 Å². The Hall–Kier alpha value is -3.24. The SMILES string of the molecule is C/N=C\C=C(/Cc1ccc(Cl)cc1)c1ccc2ncn(-c3ccncc3)c2c1. The van der Waals surface area contributed by atoms with Crippen LogP contribution in [0.25, 0.3) is 22.3 Å². The number of allylic oxidation sites excluding steroid dienone is 2. The molecule has 0 aliphatic carbocycles. The smallest absolute Gasteiger partial charge is 0.100 e. The number of hydrogen-bond donors (Lipinski definition) is 0. The third-order valence-electron chi connectivity index (χ3n) is 4.59. The lowest BCUT2D eigenvalue weighted by molar-refractivity contribution is 1.08. The van der Waals surface area contributed by atoms with Crippen LogP contribution in [0.1, 0.15) is 11.1 Å². The molecule has 2 aromatic carbocycles. The molecule has 0 amide bonds. The van der Waals surface area contributed by atoms with Gasteiger partial charge >= 0.3 is 0 Å². The van der Waals surface area contributed by atoms with Crippen LogP contribution < -0.4 is 0 Å². The Morgan fingerprint density at radius 3 is 2.61 bits per heavy atom. The molecule has 0 saturated carbocycles. The zero-order valence-electron chi connectivity index (χ0n) is 15.5. The lowest BCUT2D eigenvalue weighted by Gasteiger charge is -2.10. The fourth-order valence-corrected chi connectivity index (χ4v) is 3.29. The molecule has 4 aromatic rings. The van der Waals surface area contributed by atoms with E-state index in [0.29, 0.717) is 0 Å². The molecule has 0 spiro atoms. The van der Waals surface area contributed by atoms with E-state index in [1.807, 2.05) is 36.8 Å². The molecule has 4 rings (SSSR count). The number of fused-ring (bicyclic) bond motifs is 1. The summed E-state index contributed by atoms with van der Waals surface area (Å²) in [6, 6.07) is 18.2. The third-order valence-corrected chi connectivity index (χ3v) is 4.84. The molecule has 0 aliphatic rings. The molecule has 0 atom stereocenters. The Labute approximate surface area is 168 Å². The van der Waals surface area contributed by atoms with Crippen LogP contribution in [0, 0.1) is 0 Å². The summed E-state index contributed by atoms with van der Waals surface area (Å²) < 4.78 is 2.08. The van der Waals surface area contributed by atoms with Crippen molar-refractivity contribution in [2.45, 2.75) is 6.42 Å². The van der Waals surface area contributed by atoms with E-state index < -0.39 is 0 Å². The van der Waals surface area contributed by atoms with Gasteiger partial charge in [0.2, 0.25) is 0 Å². The fraction of sp³-hybridized carbons (Fsp3) is 0.0870. The second-order valence-corrected chi connectivity index (χ2v) is 6.86. The number of aromatic nitrogens is 3. The Kier molecular flexibility index (Phi) is 5.31. The van der Waals surface area contributed by atoms with E-state index in [2.05, 4.69) is 55.9 Å². The van der Waals surface area contributed by atoms with Crippen LogP contribution in [0.5, 0.6) is 0 Å². The molecule has 0 aliphatic heterocycles. The molecule has 0 saturated heterocycles. The average Bonchev–Trinajstić information content (AvgIpc) is 3.16. The van der Waals surface area contributed by atoms with Crippen molar-refractivity contribution in [2.24, 2.45) is 4.99 Å². The highest BCUT2D eigenvalue weighted by Crippen LogP contribution is 2.26. The molecule has 0 N–H and O–H groups in total. The summed E-state index contributed by atoms with van der Waals surface area (Å²) in [5.41, 5.74) is 6.56. The van der Waals surface area contributed by atoms with Crippen molar-refractivity contribution in [3.05, 3.63) is 95.5 Å². The van der Waals surface area contributed by atoms with Crippen LogP contribution in [0.15, 0.2) is 84.4 Å². The summed E-state index contributed by atoms with van der Waals surface area (Å²) in [6.07, 6.45) is 10.1. The van der Waals surface area contributed by atoms with E-state index in [4.69, 9.17) is 11.6 Å². The molecular formula is C23H19ClN4. The minimum Gasteiger partial charge on any atom is -0.299 e. The van der Waals surface area contributed by atoms with Gasteiger partial charge in [-0.2, -0.15) is 0 Å². The van der Waals surface area contributed by atoms with Crippen molar-refractivity contribution < 1.29 is 0 Å². The first-order valence-corrected chi connectivity index (χ1v) is 9.36. The van der Waals surface area contributed by atoms with Crippen LogP contribution in [0.2, 0.25) is 5.02 Å². The number of aliphatic imine (C=N–C) groups is 1. The van der Waals surface area contributed by atoms with Gasteiger partial charge in [-0.1, -0.05) is 29.8 Å². The van der Waals surface area contributed by atoms with Crippen molar-refractivity contribution in [1.82, 2.24) is 14.5 Å². The van der Waals surface area contributed by atoms with Crippen LogP contribution in [0.3, 0.4) is 0 Å². The van der Waals surface area contributed by atoms with Gasteiger partial charge in [0.15, 0.2) is 0 Å². The van der Waals surface area contributed by atoms with Gasteiger partial charge in [0.25, 0.3) is 0 Å². The molecule has 0 radical (unpaired) electrons. The number of pyridine rings is 1. The monoisotopic (exact) mass is 386 g/mol. The Morgan fingerprint density at radius 2 is 1.86 bits per heavy atom. The van der Waals surface area contributed by atoms with Gasteiger partial charge in [-0.3, -0.25) is 14.5 Å². The number of rotatable bonds is 5. The van der Waals surface area contributed by atoms with Crippen molar-refractivity contribution in [1.29, 1.82) is 0 Å². The Balaban J connectivity index is 1.76. The molecule has 4 nitrogen and oxygen atoms in total. The molecular weight excluding hydrogens is 368 g/mol.